The van der Waals surface area contributed by atoms with Gasteiger partial charge in [0.25, 0.3) is 11.8 Å². The van der Waals surface area contributed by atoms with Crippen LogP contribution in [0.25, 0.3) is 6.08 Å². The van der Waals surface area contributed by atoms with Crippen LogP contribution in [0.15, 0.2) is 78.4 Å². The summed E-state index contributed by atoms with van der Waals surface area (Å²) in [4.78, 5) is 24.4. The largest absolute Gasteiger partial charge is 0.497 e. The van der Waals surface area contributed by atoms with E-state index in [-0.39, 0.29) is 18.1 Å². The Bertz CT molecular complexity index is 1180. The number of rotatable bonds is 8. The van der Waals surface area contributed by atoms with E-state index < -0.39 is 5.91 Å². The predicted molar refractivity (Wildman–Crippen MR) is 127 cm³/mol. The second-order valence-electron chi connectivity index (χ2n) is 6.77. The van der Waals surface area contributed by atoms with Crippen molar-refractivity contribution in [3.8, 4) is 17.6 Å². The molecular formula is C25H20ClN3O4. The molecule has 0 aliphatic carbocycles. The number of anilines is 2. The molecule has 0 heterocycles. The molecule has 33 heavy (non-hydrogen) atoms. The topological polar surface area (TPSA) is 100 Å². The van der Waals surface area contributed by atoms with Gasteiger partial charge in [-0.25, -0.2) is 0 Å². The number of carbonyl (C=O) groups excluding carboxylic acids is 2. The van der Waals surface area contributed by atoms with Gasteiger partial charge < -0.3 is 20.1 Å². The molecule has 0 aromatic heterocycles. The van der Waals surface area contributed by atoms with Gasteiger partial charge in [-0.2, -0.15) is 5.26 Å². The summed E-state index contributed by atoms with van der Waals surface area (Å²) in [6.45, 7) is -0.175. The summed E-state index contributed by atoms with van der Waals surface area (Å²) < 4.78 is 10.6. The molecule has 0 aliphatic rings. The lowest BCUT2D eigenvalue weighted by molar-refractivity contribution is -0.118. The average molecular weight is 462 g/mol. The number of benzene rings is 3. The van der Waals surface area contributed by atoms with Crippen LogP contribution in [0, 0.1) is 11.3 Å². The molecule has 0 spiro atoms. The van der Waals surface area contributed by atoms with E-state index >= 15 is 0 Å². The van der Waals surface area contributed by atoms with E-state index in [1.54, 1.807) is 79.9 Å². The average Bonchev–Trinajstić information content (AvgIpc) is 2.84. The maximum atomic E-state index is 12.4. The molecule has 0 saturated heterocycles. The maximum absolute atomic E-state index is 12.4. The molecule has 0 saturated carbocycles. The third-order valence-corrected chi connectivity index (χ3v) is 4.65. The van der Waals surface area contributed by atoms with Crippen LogP contribution in [0.1, 0.15) is 5.56 Å². The van der Waals surface area contributed by atoms with E-state index in [0.29, 0.717) is 33.5 Å². The normalized spacial score (nSPS) is 10.6. The number of methoxy groups -OCH3 is 1. The molecule has 2 amide bonds. The molecule has 0 fully saturated rings. The fourth-order valence-corrected chi connectivity index (χ4v) is 2.85. The molecule has 3 aromatic carbocycles. The minimum atomic E-state index is -0.526. The second-order valence-corrected chi connectivity index (χ2v) is 7.20. The van der Waals surface area contributed by atoms with Crippen molar-refractivity contribution in [2.75, 3.05) is 24.4 Å². The lowest BCUT2D eigenvalue weighted by Crippen LogP contribution is -2.20. The fraction of sp³-hybridized carbons (Fsp3) is 0.0800. The molecule has 0 aliphatic heterocycles. The third-order valence-electron chi connectivity index (χ3n) is 4.40. The zero-order valence-corrected chi connectivity index (χ0v) is 18.4. The molecule has 166 valence electrons. The molecule has 0 bridgehead atoms. The Kier molecular flexibility index (Phi) is 8.06. The number of nitrogens with one attached hydrogen (secondary N) is 2. The number of halogens is 1. The first-order valence-corrected chi connectivity index (χ1v) is 10.2. The van der Waals surface area contributed by atoms with Crippen molar-refractivity contribution in [2.24, 2.45) is 0 Å². The molecular weight excluding hydrogens is 442 g/mol. The lowest BCUT2D eigenvalue weighted by Gasteiger charge is -2.08. The zero-order valence-electron chi connectivity index (χ0n) is 17.7. The van der Waals surface area contributed by atoms with Crippen molar-refractivity contribution in [2.45, 2.75) is 0 Å². The summed E-state index contributed by atoms with van der Waals surface area (Å²) in [5, 5.41) is 15.3. The first kappa shape index (κ1) is 23.4. The van der Waals surface area contributed by atoms with E-state index in [9.17, 15) is 14.9 Å². The summed E-state index contributed by atoms with van der Waals surface area (Å²) >= 11 is 5.82. The van der Waals surface area contributed by atoms with Gasteiger partial charge in [-0.3, -0.25) is 9.59 Å². The smallest absolute Gasteiger partial charge is 0.266 e. The number of nitriles is 1. The Morgan fingerprint density at radius 1 is 0.909 bits per heavy atom. The van der Waals surface area contributed by atoms with Crippen LogP contribution in [0.2, 0.25) is 5.02 Å². The Balaban J connectivity index is 1.56. The zero-order chi connectivity index (χ0) is 23.6. The van der Waals surface area contributed by atoms with Gasteiger partial charge in [0.1, 0.15) is 23.1 Å². The third kappa shape index (κ3) is 7.13. The van der Waals surface area contributed by atoms with Crippen LogP contribution < -0.4 is 20.1 Å². The number of hydrogen-bond acceptors (Lipinski definition) is 5. The van der Waals surface area contributed by atoms with E-state index in [1.165, 1.54) is 6.08 Å². The Labute approximate surface area is 196 Å². The highest BCUT2D eigenvalue weighted by Gasteiger charge is 2.10. The van der Waals surface area contributed by atoms with Gasteiger partial charge >= 0.3 is 0 Å². The van der Waals surface area contributed by atoms with E-state index in [2.05, 4.69) is 10.6 Å². The minimum absolute atomic E-state index is 0.0539. The SMILES string of the molecule is COc1ccc(NC(=O)/C(C#N)=C/c2ccc(OCC(=O)Nc3ccc(Cl)cc3)cc2)cc1. The van der Waals surface area contributed by atoms with Crippen molar-refractivity contribution in [1.82, 2.24) is 0 Å². The first-order chi connectivity index (χ1) is 16.0. The standard InChI is InChI=1S/C25H20ClN3O4/c1-32-22-12-8-21(9-13-22)29-25(31)18(15-27)14-17-2-10-23(11-3-17)33-16-24(30)28-20-6-4-19(26)5-7-20/h2-14H,16H2,1H3,(H,28,30)(H,29,31)/b18-14+. The summed E-state index contributed by atoms with van der Waals surface area (Å²) in [5.41, 5.74) is 1.74. The van der Waals surface area contributed by atoms with Crippen LogP contribution >= 0.6 is 11.6 Å². The van der Waals surface area contributed by atoms with Gasteiger partial charge in [0, 0.05) is 16.4 Å². The van der Waals surface area contributed by atoms with Crippen LogP contribution in [0.3, 0.4) is 0 Å². The number of nitrogens with zero attached hydrogens (tertiary/aromatic N) is 1. The first-order valence-electron chi connectivity index (χ1n) is 9.82. The van der Waals surface area contributed by atoms with E-state index in [4.69, 9.17) is 21.1 Å². The Morgan fingerprint density at radius 2 is 1.48 bits per heavy atom. The van der Waals surface area contributed by atoms with Gasteiger partial charge in [-0.15, -0.1) is 0 Å². The fourth-order valence-electron chi connectivity index (χ4n) is 2.73. The summed E-state index contributed by atoms with van der Waals surface area (Å²) in [7, 11) is 1.55. The van der Waals surface area contributed by atoms with Crippen molar-refractivity contribution in [3.63, 3.8) is 0 Å². The van der Waals surface area contributed by atoms with E-state index in [1.807, 2.05) is 6.07 Å². The second kappa shape index (κ2) is 11.4. The van der Waals surface area contributed by atoms with Gasteiger partial charge in [0.2, 0.25) is 0 Å². The highest BCUT2D eigenvalue weighted by molar-refractivity contribution is 6.30. The molecule has 8 heteroatoms. The van der Waals surface area contributed by atoms with Gasteiger partial charge in [0.05, 0.1) is 7.11 Å². The summed E-state index contributed by atoms with van der Waals surface area (Å²) in [6.07, 6.45) is 1.47. The highest BCUT2D eigenvalue weighted by Crippen LogP contribution is 2.18. The van der Waals surface area contributed by atoms with Gasteiger partial charge in [0.15, 0.2) is 6.61 Å². The number of ether oxygens (including phenoxy) is 2. The van der Waals surface area contributed by atoms with Crippen LogP contribution in [-0.4, -0.2) is 25.5 Å². The summed E-state index contributed by atoms with van der Waals surface area (Å²) in [5.74, 6) is 0.290. The van der Waals surface area contributed by atoms with Crippen LogP contribution in [0.4, 0.5) is 11.4 Å². The van der Waals surface area contributed by atoms with Crippen LogP contribution in [0.5, 0.6) is 11.5 Å². The Morgan fingerprint density at radius 3 is 2.09 bits per heavy atom. The number of hydrogen-bond donors (Lipinski definition) is 2. The predicted octanol–water partition coefficient (Wildman–Crippen LogP) is 4.91. The molecule has 3 rings (SSSR count). The van der Waals surface area contributed by atoms with Crippen molar-refractivity contribution >= 4 is 40.9 Å². The van der Waals surface area contributed by atoms with Crippen molar-refractivity contribution in [1.29, 1.82) is 5.26 Å². The highest BCUT2D eigenvalue weighted by atomic mass is 35.5. The molecule has 3 aromatic rings. The van der Waals surface area contributed by atoms with Gasteiger partial charge in [-0.05, 0) is 72.3 Å². The van der Waals surface area contributed by atoms with E-state index in [0.717, 1.165) is 0 Å². The monoisotopic (exact) mass is 461 g/mol. The quantitative estimate of drug-likeness (QED) is 0.366. The van der Waals surface area contributed by atoms with Crippen LogP contribution in [-0.2, 0) is 9.59 Å². The summed E-state index contributed by atoms with van der Waals surface area (Å²) in [6, 6.07) is 22.1. The number of amides is 2. The van der Waals surface area contributed by atoms with Crippen molar-refractivity contribution < 1.29 is 19.1 Å². The minimum Gasteiger partial charge on any atom is -0.497 e. The molecule has 0 radical (unpaired) electrons. The van der Waals surface area contributed by atoms with Crippen molar-refractivity contribution in [3.05, 3.63) is 89.0 Å². The Hall–Kier alpha value is -4.28. The van der Waals surface area contributed by atoms with Gasteiger partial charge in [-0.1, -0.05) is 23.7 Å². The molecule has 7 nitrogen and oxygen atoms in total. The molecule has 0 atom stereocenters. The molecule has 2 N–H and O–H groups in total. The molecule has 0 unspecified atom stereocenters. The lowest BCUT2D eigenvalue weighted by atomic mass is 10.1. The maximum Gasteiger partial charge on any atom is 0.266 e. The number of carbonyl (C=O) groups is 2.